The molecule has 0 radical (unpaired) electrons. The summed E-state index contributed by atoms with van der Waals surface area (Å²) < 4.78 is 0. The summed E-state index contributed by atoms with van der Waals surface area (Å²) in [5.74, 6) is 0.187. The first-order chi connectivity index (χ1) is 8.27. The van der Waals surface area contributed by atoms with E-state index in [1.165, 1.54) is 12.8 Å². The van der Waals surface area contributed by atoms with Crippen molar-refractivity contribution in [3.05, 3.63) is 0 Å². The van der Waals surface area contributed by atoms with Crippen molar-refractivity contribution in [2.75, 3.05) is 26.2 Å². The van der Waals surface area contributed by atoms with Gasteiger partial charge >= 0.3 is 0 Å². The van der Waals surface area contributed by atoms with Crippen LogP contribution in [0.5, 0.6) is 0 Å². The predicted octanol–water partition coefficient (Wildman–Crippen LogP) is 1.14. The van der Waals surface area contributed by atoms with Crippen LogP contribution in [0.1, 0.15) is 45.4 Å². The molecule has 1 saturated heterocycles. The number of amides is 1. The van der Waals surface area contributed by atoms with Gasteiger partial charge in [-0.3, -0.25) is 4.79 Å². The molecular formula is C13H26N2O2. The molecular weight excluding hydrogens is 216 g/mol. The number of rotatable bonds is 7. The third-order valence-corrected chi connectivity index (χ3v) is 3.34. The smallest absolute Gasteiger partial charge is 0.224 e. The fraction of sp³-hybridized carbons (Fsp3) is 0.923. The minimum absolute atomic E-state index is 0.0630. The van der Waals surface area contributed by atoms with Gasteiger partial charge in [-0.2, -0.15) is 0 Å². The van der Waals surface area contributed by atoms with E-state index in [1.807, 2.05) is 0 Å². The number of nitrogens with zero attached hydrogens (tertiary/aromatic N) is 1. The van der Waals surface area contributed by atoms with E-state index in [2.05, 4.69) is 12.2 Å². The van der Waals surface area contributed by atoms with Crippen LogP contribution in [0, 0.1) is 0 Å². The van der Waals surface area contributed by atoms with Crippen molar-refractivity contribution in [2.24, 2.45) is 0 Å². The van der Waals surface area contributed by atoms with Crippen LogP contribution in [-0.4, -0.2) is 48.2 Å². The molecule has 0 aromatic carbocycles. The first-order valence-corrected chi connectivity index (χ1v) is 6.90. The lowest BCUT2D eigenvalue weighted by molar-refractivity contribution is -0.132. The normalized spacial score (nSPS) is 20.2. The standard InChI is InChI=1S/C13H26N2O2/c1-2-3-8-15(9-10-16)13(17)11-12-6-4-5-7-14-12/h12,14,16H,2-11H2,1H3. The molecule has 0 bridgehead atoms. The zero-order chi connectivity index (χ0) is 12.5. The highest BCUT2D eigenvalue weighted by Crippen LogP contribution is 2.11. The number of piperidine rings is 1. The molecule has 4 nitrogen and oxygen atoms in total. The van der Waals surface area contributed by atoms with Crippen molar-refractivity contribution in [1.82, 2.24) is 10.2 Å². The van der Waals surface area contributed by atoms with E-state index in [-0.39, 0.29) is 12.5 Å². The maximum Gasteiger partial charge on any atom is 0.224 e. The van der Waals surface area contributed by atoms with Gasteiger partial charge in [-0.25, -0.2) is 0 Å². The highest BCUT2D eigenvalue weighted by atomic mass is 16.3. The molecule has 1 rings (SSSR count). The maximum atomic E-state index is 12.1. The molecule has 1 aliphatic rings. The Balaban J connectivity index is 2.34. The number of carbonyl (C=O) groups excluding carboxylic acids is 1. The van der Waals surface area contributed by atoms with Crippen molar-refractivity contribution >= 4 is 5.91 Å². The number of carbonyl (C=O) groups is 1. The molecule has 4 heteroatoms. The van der Waals surface area contributed by atoms with Crippen molar-refractivity contribution < 1.29 is 9.90 Å². The minimum atomic E-state index is 0.0630. The summed E-state index contributed by atoms with van der Waals surface area (Å²) in [6.07, 6.45) is 6.23. The van der Waals surface area contributed by atoms with Crippen LogP contribution in [0.2, 0.25) is 0 Å². The van der Waals surface area contributed by atoms with Crippen LogP contribution in [0.25, 0.3) is 0 Å². The zero-order valence-corrected chi connectivity index (χ0v) is 11.0. The topological polar surface area (TPSA) is 52.6 Å². The van der Waals surface area contributed by atoms with Gasteiger partial charge < -0.3 is 15.3 Å². The number of aliphatic hydroxyl groups excluding tert-OH is 1. The molecule has 1 aliphatic heterocycles. The molecule has 0 aromatic heterocycles. The average Bonchev–Trinajstić information content (AvgIpc) is 2.35. The lowest BCUT2D eigenvalue weighted by atomic mass is 10.0. The quantitative estimate of drug-likeness (QED) is 0.704. The highest BCUT2D eigenvalue weighted by Gasteiger charge is 2.19. The third kappa shape index (κ3) is 5.50. The maximum absolute atomic E-state index is 12.1. The van der Waals surface area contributed by atoms with E-state index in [0.717, 1.165) is 32.4 Å². The van der Waals surface area contributed by atoms with Gasteiger partial charge in [0.05, 0.1) is 6.61 Å². The summed E-state index contributed by atoms with van der Waals surface area (Å²) in [5.41, 5.74) is 0. The zero-order valence-electron chi connectivity index (χ0n) is 11.0. The van der Waals surface area contributed by atoms with Crippen molar-refractivity contribution in [2.45, 2.75) is 51.5 Å². The SMILES string of the molecule is CCCCN(CCO)C(=O)CC1CCCCN1. The van der Waals surface area contributed by atoms with Gasteiger partial charge in [-0.15, -0.1) is 0 Å². The molecule has 1 atom stereocenters. The minimum Gasteiger partial charge on any atom is -0.395 e. The molecule has 0 saturated carbocycles. The van der Waals surface area contributed by atoms with Crippen LogP contribution in [0.15, 0.2) is 0 Å². The number of hydrogen-bond acceptors (Lipinski definition) is 3. The van der Waals surface area contributed by atoms with E-state index in [0.29, 0.717) is 19.0 Å². The first kappa shape index (κ1) is 14.5. The van der Waals surface area contributed by atoms with Gasteiger partial charge in [0.2, 0.25) is 5.91 Å². The average molecular weight is 242 g/mol. The number of aliphatic hydroxyl groups is 1. The Morgan fingerprint density at radius 3 is 2.82 bits per heavy atom. The second kappa shape index (κ2) is 8.48. The van der Waals surface area contributed by atoms with Gasteiger partial charge in [-0.1, -0.05) is 19.8 Å². The molecule has 1 heterocycles. The Morgan fingerprint density at radius 1 is 1.41 bits per heavy atom. The Kier molecular flexibility index (Phi) is 7.21. The number of hydrogen-bond donors (Lipinski definition) is 2. The first-order valence-electron chi connectivity index (χ1n) is 6.90. The van der Waals surface area contributed by atoms with E-state index in [9.17, 15) is 4.79 Å². The van der Waals surface area contributed by atoms with Crippen molar-refractivity contribution in [3.63, 3.8) is 0 Å². The molecule has 2 N–H and O–H groups in total. The van der Waals surface area contributed by atoms with Gasteiger partial charge in [0.1, 0.15) is 0 Å². The summed E-state index contributed by atoms with van der Waals surface area (Å²) in [7, 11) is 0. The number of nitrogens with one attached hydrogen (secondary N) is 1. The Labute approximate surface area is 104 Å². The van der Waals surface area contributed by atoms with Crippen molar-refractivity contribution in [3.8, 4) is 0 Å². The summed E-state index contributed by atoms with van der Waals surface area (Å²) in [6.45, 7) is 4.47. The largest absolute Gasteiger partial charge is 0.395 e. The van der Waals surface area contributed by atoms with E-state index < -0.39 is 0 Å². The predicted molar refractivity (Wildman–Crippen MR) is 68.8 cm³/mol. The molecule has 1 amide bonds. The summed E-state index contributed by atoms with van der Waals surface area (Å²) >= 11 is 0. The second-order valence-corrected chi connectivity index (χ2v) is 4.81. The monoisotopic (exact) mass is 242 g/mol. The van der Waals surface area contributed by atoms with Crippen molar-refractivity contribution in [1.29, 1.82) is 0 Å². The van der Waals surface area contributed by atoms with Gasteiger partial charge in [0.15, 0.2) is 0 Å². The van der Waals surface area contributed by atoms with E-state index in [4.69, 9.17) is 5.11 Å². The third-order valence-electron chi connectivity index (χ3n) is 3.34. The van der Waals surface area contributed by atoms with Crippen LogP contribution < -0.4 is 5.32 Å². The Hall–Kier alpha value is -0.610. The molecule has 0 aliphatic carbocycles. The molecule has 17 heavy (non-hydrogen) atoms. The number of unbranched alkanes of at least 4 members (excludes halogenated alkanes) is 1. The fourth-order valence-electron chi connectivity index (χ4n) is 2.27. The summed E-state index contributed by atoms with van der Waals surface area (Å²) in [5, 5.41) is 12.4. The van der Waals surface area contributed by atoms with E-state index in [1.54, 1.807) is 4.90 Å². The molecule has 0 aromatic rings. The van der Waals surface area contributed by atoms with Crippen LogP contribution in [-0.2, 0) is 4.79 Å². The Bertz CT molecular complexity index is 215. The molecule has 1 unspecified atom stereocenters. The lowest BCUT2D eigenvalue weighted by Crippen LogP contribution is -2.41. The summed E-state index contributed by atoms with van der Waals surface area (Å²) in [4.78, 5) is 13.9. The van der Waals surface area contributed by atoms with Gasteiger partial charge in [-0.05, 0) is 25.8 Å². The molecule has 1 fully saturated rings. The van der Waals surface area contributed by atoms with Gasteiger partial charge in [0.25, 0.3) is 0 Å². The molecule has 100 valence electrons. The molecule has 0 spiro atoms. The van der Waals surface area contributed by atoms with Crippen LogP contribution >= 0.6 is 0 Å². The van der Waals surface area contributed by atoms with Gasteiger partial charge in [0, 0.05) is 25.6 Å². The lowest BCUT2D eigenvalue weighted by Gasteiger charge is -2.27. The Morgan fingerprint density at radius 2 is 2.24 bits per heavy atom. The fourth-order valence-corrected chi connectivity index (χ4v) is 2.27. The van der Waals surface area contributed by atoms with Crippen LogP contribution in [0.3, 0.4) is 0 Å². The summed E-state index contributed by atoms with van der Waals surface area (Å²) in [6, 6.07) is 0.346. The second-order valence-electron chi connectivity index (χ2n) is 4.81. The highest BCUT2D eigenvalue weighted by molar-refractivity contribution is 5.76. The van der Waals surface area contributed by atoms with E-state index >= 15 is 0 Å². The van der Waals surface area contributed by atoms with Crippen LogP contribution in [0.4, 0.5) is 0 Å².